The van der Waals surface area contributed by atoms with Gasteiger partial charge >= 0.3 is 5.97 Å². The van der Waals surface area contributed by atoms with Crippen molar-refractivity contribution < 1.29 is 24.1 Å². The molecule has 2 rings (SSSR count). The Labute approximate surface area is 123 Å². The Kier molecular flexibility index (Phi) is 5.41. The van der Waals surface area contributed by atoms with Gasteiger partial charge in [-0.1, -0.05) is 12.1 Å². The number of aliphatic carboxylic acids is 1. The lowest BCUT2D eigenvalue weighted by atomic mass is 9.97. The van der Waals surface area contributed by atoms with Crippen molar-refractivity contribution in [3.8, 4) is 11.5 Å². The van der Waals surface area contributed by atoms with Crippen LogP contribution in [0, 0.1) is 0 Å². The molecule has 0 radical (unpaired) electrons. The van der Waals surface area contributed by atoms with Gasteiger partial charge < -0.3 is 25.1 Å². The Bertz CT molecular complexity index is 485. The largest absolute Gasteiger partial charge is 0.493 e. The van der Waals surface area contributed by atoms with Crippen molar-refractivity contribution in [1.82, 2.24) is 0 Å². The number of rotatable bonds is 6. The van der Waals surface area contributed by atoms with Crippen LogP contribution in [0.25, 0.3) is 0 Å². The summed E-state index contributed by atoms with van der Waals surface area (Å²) in [5.41, 5.74) is 6.15. The van der Waals surface area contributed by atoms with Crippen LogP contribution in [0.1, 0.15) is 24.3 Å². The van der Waals surface area contributed by atoms with E-state index in [0.29, 0.717) is 30.3 Å². The summed E-state index contributed by atoms with van der Waals surface area (Å²) in [6, 6.07) is 5.23. The van der Waals surface area contributed by atoms with Gasteiger partial charge in [0, 0.05) is 24.9 Å². The van der Waals surface area contributed by atoms with Crippen molar-refractivity contribution >= 4 is 5.97 Å². The van der Waals surface area contributed by atoms with Gasteiger partial charge in [-0.25, -0.2) is 0 Å². The Morgan fingerprint density at radius 2 is 2.19 bits per heavy atom. The number of ether oxygens (including phenoxy) is 3. The van der Waals surface area contributed by atoms with Crippen molar-refractivity contribution in [1.29, 1.82) is 0 Å². The van der Waals surface area contributed by atoms with E-state index in [1.165, 1.54) is 7.11 Å². The first kappa shape index (κ1) is 15.6. The maximum absolute atomic E-state index is 11.4. The summed E-state index contributed by atoms with van der Waals surface area (Å²) in [4.78, 5) is 11.4. The zero-order chi connectivity index (χ0) is 15.2. The third kappa shape index (κ3) is 3.65. The molecule has 1 heterocycles. The van der Waals surface area contributed by atoms with Gasteiger partial charge in [0.2, 0.25) is 0 Å². The second-order valence-corrected chi connectivity index (χ2v) is 4.93. The molecule has 0 spiro atoms. The van der Waals surface area contributed by atoms with E-state index in [4.69, 9.17) is 19.9 Å². The van der Waals surface area contributed by atoms with E-state index in [9.17, 15) is 9.90 Å². The molecule has 0 saturated carbocycles. The van der Waals surface area contributed by atoms with E-state index in [2.05, 4.69) is 0 Å². The molecule has 116 valence electrons. The summed E-state index contributed by atoms with van der Waals surface area (Å²) in [5.74, 6) is -0.777. The number of hydrogen-bond acceptors (Lipinski definition) is 5. The highest BCUT2D eigenvalue weighted by Crippen LogP contribution is 2.37. The van der Waals surface area contributed by atoms with Crippen LogP contribution in [-0.4, -0.2) is 44.0 Å². The summed E-state index contributed by atoms with van der Waals surface area (Å²) >= 11 is 0. The van der Waals surface area contributed by atoms with Gasteiger partial charge in [-0.2, -0.15) is 0 Å². The zero-order valence-electron chi connectivity index (χ0n) is 12.1. The van der Waals surface area contributed by atoms with Gasteiger partial charge in [0.1, 0.15) is 6.10 Å². The zero-order valence-corrected chi connectivity index (χ0v) is 12.1. The molecular weight excluding hydrogens is 274 g/mol. The fourth-order valence-corrected chi connectivity index (χ4v) is 2.42. The van der Waals surface area contributed by atoms with Crippen LogP contribution in [0.4, 0.5) is 0 Å². The molecule has 1 fully saturated rings. The molecule has 21 heavy (non-hydrogen) atoms. The highest BCUT2D eigenvalue weighted by atomic mass is 16.5. The van der Waals surface area contributed by atoms with Gasteiger partial charge in [-0.3, -0.25) is 4.79 Å². The van der Waals surface area contributed by atoms with Gasteiger partial charge in [0.25, 0.3) is 0 Å². The lowest BCUT2D eigenvalue weighted by Crippen LogP contribution is -2.28. The fraction of sp³-hybridized carbons (Fsp3) is 0.533. The minimum Gasteiger partial charge on any atom is -0.493 e. The molecule has 1 aromatic rings. The Hall–Kier alpha value is -1.79. The Morgan fingerprint density at radius 3 is 2.76 bits per heavy atom. The number of hydrogen-bond donors (Lipinski definition) is 2. The molecule has 1 unspecified atom stereocenters. The first-order chi connectivity index (χ1) is 10.2. The van der Waals surface area contributed by atoms with E-state index in [0.717, 1.165) is 12.8 Å². The third-order valence-electron chi connectivity index (χ3n) is 3.59. The van der Waals surface area contributed by atoms with Crippen LogP contribution in [0.3, 0.4) is 0 Å². The molecule has 0 aromatic heterocycles. The maximum Gasteiger partial charge on any atom is 0.312 e. The molecule has 1 aromatic carbocycles. The molecular formula is C15H21NO5. The molecule has 1 saturated heterocycles. The van der Waals surface area contributed by atoms with Crippen LogP contribution in [0.5, 0.6) is 11.5 Å². The highest BCUT2D eigenvalue weighted by molar-refractivity contribution is 5.78. The summed E-state index contributed by atoms with van der Waals surface area (Å²) in [5, 5.41) is 9.32. The highest BCUT2D eigenvalue weighted by Gasteiger charge is 2.26. The molecule has 6 nitrogen and oxygen atoms in total. The number of carboxylic acid groups (broad SMARTS) is 1. The number of nitrogens with two attached hydrogens (primary N) is 1. The normalized spacial score (nSPS) is 17.2. The number of carbonyl (C=O) groups is 1. The van der Waals surface area contributed by atoms with Crippen molar-refractivity contribution in [3.05, 3.63) is 23.8 Å². The van der Waals surface area contributed by atoms with E-state index in [1.807, 2.05) is 0 Å². The van der Waals surface area contributed by atoms with Gasteiger partial charge in [-0.15, -0.1) is 0 Å². The SMILES string of the molecule is COc1cccc(C(CN)C(=O)O)c1OC1CCOCC1. The molecule has 0 bridgehead atoms. The summed E-state index contributed by atoms with van der Waals surface area (Å²) in [6.45, 7) is 1.30. The quantitative estimate of drug-likeness (QED) is 0.824. The van der Waals surface area contributed by atoms with Crippen molar-refractivity contribution in [2.45, 2.75) is 24.9 Å². The molecule has 1 aliphatic heterocycles. The first-order valence-electron chi connectivity index (χ1n) is 7.01. The van der Waals surface area contributed by atoms with Crippen molar-refractivity contribution in [2.24, 2.45) is 5.73 Å². The average molecular weight is 295 g/mol. The van der Waals surface area contributed by atoms with Crippen LogP contribution in [0.2, 0.25) is 0 Å². The molecule has 0 amide bonds. The summed E-state index contributed by atoms with van der Waals surface area (Å²) < 4.78 is 16.6. The smallest absolute Gasteiger partial charge is 0.312 e. The lowest BCUT2D eigenvalue weighted by molar-refractivity contribution is -0.138. The second kappa shape index (κ2) is 7.28. The monoisotopic (exact) mass is 295 g/mol. The fourth-order valence-electron chi connectivity index (χ4n) is 2.42. The van der Waals surface area contributed by atoms with E-state index in [1.54, 1.807) is 18.2 Å². The van der Waals surface area contributed by atoms with E-state index in [-0.39, 0.29) is 12.6 Å². The maximum atomic E-state index is 11.4. The predicted molar refractivity (Wildman–Crippen MR) is 76.9 cm³/mol. The van der Waals surface area contributed by atoms with Gasteiger partial charge in [0.15, 0.2) is 11.5 Å². The molecule has 1 atom stereocenters. The van der Waals surface area contributed by atoms with Crippen LogP contribution in [0.15, 0.2) is 18.2 Å². The number of benzene rings is 1. The van der Waals surface area contributed by atoms with Crippen molar-refractivity contribution in [2.75, 3.05) is 26.9 Å². The lowest BCUT2D eigenvalue weighted by Gasteiger charge is -2.26. The number of methoxy groups -OCH3 is 1. The molecule has 1 aliphatic rings. The first-order valence-corrected chi connectivity index (χ1v) is 7.01. The topological polar surface area (TPSA) is 91.0 Å². The Morgan fingerprint density at radius 1 is 1.48 bits per heavy atom. The standard InChI is InChI=1S/C15H21NO5/c1-19-13-4-2-3-11(12(9-16)15(17)18)14(13)21-10-5-7-20-8-6-10/h2-4,10,12H,5-9,16H2,1H3,(H,17,18). The molecule has 0 aliphatic carbocycles. The predicted octanol–water partition coefficient (Wildman–Crippen LogP) is 1.38. The van der Waals surface area contributed by atoms with E-state index < -0.39 is 11.9 Å². The van der Waals surface area contributed by atoms with Crippen LogP contribution in [-0.2, 0) is 9.53 Å². The van der Waals surface area contributed by atoms with Gasteiger partial charge in [-0.05, 0) is 6.07 Å². The third-order valence-corrected chi connectivity index (χ3v) is 3.59. The summed E-state index contributed by atoms with van der Waals surface area (Å²) in [7, 11) is 1.54. The van der Waals surface area contributed by atoms with Crippen LogP contribution < -0.4 is 15.2 Å². The minimum absolute atomic E-state index is 0.000944. The minimum atomic E-state index is -0.970. The number of carboxylic acids is 1. The van der Waals surface area contributed by atoms with E-state index >= 15 is 0 Å². The molecule has 3 N–H and O–H groups in total. The van der Waals surface area contributed by atoms with Gasteiger partial charge in [0.05, 0.1) is 26.2 Å². The average Bonchev–Trinajstić information content (AvgIpc) is 2.50. The Balaban J connectivity index is 2.33. The molecule has 6 heteroatoms. The second-order valence-electron chi connectivity index (χ2n) is 4.93. The summed E-state index contributed by atoms with van der Waals surface area (Å²) in [6.07, 6.45) is 1.55. The number of para-hydroxylation sites is 1. The van der Waals surface area contributed by atoms with Crippen molar-refractivity contribution in [3.63, 3.8) is 0 Å². The van der Waals surface area contributed by atoms with Crippen LogP contribution >= 0.6 is 0 Å².